The van der Waals surface area contributed by atoms with Gasteiger partial charge in [0.05, 0.1) is 16.1 Å². The number of hydrogen-bond acceptors (Lipinski definition) is 4. The largest absolute Gasteiger partial charge is 0.338 e. The van der Waals surface area contributed by atoms with Crippen LogP contribution in [0.25, 0.3) is 0 Å². The summed E-state index contributed by atoms with van der Waals surface area (Å²) in [5, 5.41) is 0. The van der Waals surface area contributed by atoms with Gasteiger partial charge in [-0.05, 0) is 62.1 Å². The Morgan fingerprint density at radius 2 is 1.93 bits per heavy atom. The lowest BCUT2D eigenvalue weighted by Crippen LogP contribution is -2.30. The standard InChI is InChI=1S/C20H25N3O3S.ClH/c1-14-7-8-15(2)19(11-14)27(25,26)22-18-6-4-3-5-17(18)20(24)23-10-9-16(12-21)13-23;/h3-8,11,16,22H,9-10,12-13,21H2,1-2H3;1H. The number of benzene rings is 2. The number of carbonyl (C=O) groups is 1. The highest BCUT2D eigenvalue weighted by atomic mass is 35.5. The van der Waals surface area contributed by atoms with Crippen molar-refractivity contribution in [3.8, 4) is 0 Å². The number of para-hydroxylation sites is 1. The maximum Gasteiger partial charge on any atom is 0.262 e. The first-order chi connectivity index (χ1) is 12.8. The van der Waals surface area contributed by atoms with E-state index in [1.807, 2.05) is 13.0 Å². The summed E-state index contributed by atoms with van der Waals surface area (Å²) >= 11 is 0. The molecule has 1 atom stereocenters. The van der Waals surface area contributed by atoms with Gasteiger partial charge in [0.15, 0.2) is 0 Å². The lowest BCUT2D eigenvalue weighted by atomic mass is 10.1. The monoisotopic (exact) mass is 423 g/mol. The molecule has 0 saturated carbocycles. The first-order valence-electron chi connectivity index (χ1n) is 9.00. The van der Waals surface area contributed by atoms with E-state index in [0.717, 1.165) is 12.0 Å². The van der Waals surface area contributed by atoms with Gasteiger partial charge >= 0.3 is 0 Å². The van der Waals surface area contributed by atoms with Crippen LogP contribution in [0.1, 0.15) is 27.9 Å². The molecule has 1 amide bonds. The molecule has 0 aliphatic carbocycles. The molecule has 1 aliphatic heterocycles. The van der Waals surface area contributed by atoms with Crippen molar-refractivity contribution in [2.75, 3.05) is 24.4 Å². The molecule has 8 heteroatoms. The molecule has 0 aromatic heterocycles. The summed E-state index contributed by atoms with van der Waals surface area (Å²) in [6, 6.07) is 12.0. The highest BCUT2D eigenvalue weighted by Gasteiger charge is 2.28. The zero-order chi connectivity index (χ0) is 19.6. The molecule has 1 heterocycles. The predicted octanol–water partition coefficient (Wildman–Crippen LogP) is 2.95. The van der Waals surface area contributed by atoms with Crippen molar-refractivity contribution in [2.24, 2.45) is 11.7 Å². The number of likely N-dealkylation sites (tertiary alicyclic amines) is 1. The molecule has 0 bridgehead atoms. The summed E-state index contributed by atoms with van der Waals surface area (Å²) in [5.41, 5.74) is 7.86. The van der Waals surface area contributed by atoms with Crippen LogP contribution in [-0.2, 0) is 10.0 Å². The number of hydrogen-bond donors (Lipinski definition) is 2. The second kappa shape index (κ2) is 8.94. The molecule has 2 aromatic rings. The van der Waals surface area contributed by atoms with E-state index < -0.39 is 10.0 Å². The Bertz CT molecular complexity index is 963. The van der Waals surface area contributed by atoms with Crippen molar-refractivity contribution >= 4 is 34.0 Å². The van der Waals surface area contributed by atoms with Crippen LogP contribution >= 0.6 is 12.4 Å². The lowest BCUT2D eigenvalue weighted by molar-refractivity contribution is 0.0788. The quantitative estimate of drug-likeness (QED) is 0.773. The van der Waals surface area contributed by atoms with Gasteiger partial charge in [0.1, 0.15) is 0 Å². The summed E-state index contributed by atoms with van der Waals surface area (Å²) in [7, 11) is -3.80. The summed E-state index contributed by atoms with van der Waals surface area (Å²) in [5.74, 6) is 0.123. The van der Waals surface area contributed by atoms with Crippen molar-refractivity contribution < 1.29 is 13.2 Å². The number of nitrogens with one attached hydrogen (secondary N) is 1. The number of aryl methyl sites for hydroxylation is 2. The molecular formula is C20H26ClN3O3S. The first-order valence-corrected chi connectivity index (χ1v) is 10.5. The zero-order valence-electron chi connectivity index (χ0n) is 16.0. The topological polar surface area (TPSA) is 92.5 Å². The average molecular weight is 424 g/mol. The number of anilines is 1. The van der Waals surface area contributed by atoms with Gasteiger partial charge in [-0.3, -0.25) is 9.52 Å². The fourth-order valence-corrected chi connectivity index (χ4v) is 4.75. The molecule has 1 fully saturated rings. The normalized spacial score (nSPS) is 16.5. The maximum atomic E-state index is 12.9. The van der Waals surface area contributed by atoms with Gasteiger partial charge in [-0.1, -0.05) is 24.3 Å². The molecule has 2 aromatic carbocycles. The fraction of sp³-hybridized carbons (Fsp3) is 0.350. The minimum absolute atomic E-state index is 0. The van der Waals surface area contributed by atoms with E-state index in [4.69, 9.17) is 5.73 Å². The minimum atomic E-state index is -3.80. The number of halogens is 1. The number of rotatable bonds is 5. The molecule has 3 N–H and O–H groups in total. The SMILES string of the molecule is Cc1ccc(C)c(S(=O)(=O)Nc2ccccc2C(=O)N2CCC(CN)C2)c1.Cl. The van der Waals surface area contributed by atoms with E-state index in [1.54, 1.807) is 48.2 Å². The van der Waals surface area contributed by atoms with E-state index in [0.29, 0.717) is 42.4 Å². The van der Waals surface area contributed by atoms with Gasteiger partial charge < -0.3 is 10.6 Å². The predicted molar refractivity (Wildman–Crippen MR) is 113 cm³/mol. The molecule has 3 rings (SSSR count). The third kappa shape index (κ3) is 4.66. The Hall–Kier alpha value is -2.09. The molecule has 28 heavy (non-hydrogen) atoms. The molecule has 1 unspecified atom stereocenters. The summed E-state index contributed by atoms with van der Waals surface area (Å²) in [6.45, 7) is 5.39. The number of nitrogens with two attached hydrogens (primary N) is 1. The van der Waals surface area contributed by atoms with Gasteiger partial charge in [0.25, 0.3) is 15.9 Å². The number of amides is 1. The van der Waals surface area contributed by atoms with Crippen LogP contribution in [0, 0.1) is 19.8 Å². The molecule has 0 spiro atoms. The highest BCUT2D eigenvalue weighted by Crippen LogP contribution is 2.25. The lowest BCUT2D eigenvalue weighted by Gasteiger charge is -2.19. The van der Waals surface area contributed by atoms with E-state index in [2.05, 4.69) is 4.72 Å². The van der Waals surface area contributed by atoms with Crippen molar-refractivity contribution in [1.82, 2.24) is 4.90 Å². The Morgan fingerprint density at radius 3 is 2.61 bits per heavy atom. The third-order valence-electron chi connectivity index (χ3n) is 4.94. The second-order valence-electron chi connectivity index (χ2n) is 7.06. The number of sulfonamides is 1. The summed E-state index contributed by atoms with van der Waals surface area (Å²) in [4.78, 5) is 14.9. The summed E-state index contributed by atoms with van der Waals surface area (Å²) < 4.78 is 28.4. The summed E-state index contributed by atoms with van der Waals surface area (Å²) in [6.07, 6.45) is 0.874. The molecule has 0 radical (unpaired) electrons. The van der Waals surface area contributed by atoms with Crippen LogP contribution in [0.3, 0.4) is 0 Å². The van der Waals surface area contributed by atoms with E-state index >= 15 is 0 Å². The fourth-order valence-electron chi connectivity index (χ4n) is 3.34. The highest BCUT2D eigenvalue weighted by molar-refractivity contribution is 7.92. The van der Waals surface area contributed by atoms with Crippen LogP contribution < -0.4 is 10.5 Å². The Labute approximate surface area is 172 Å². The average Bonchev–Trinajstić information content (AvgIpc) is 3.12. The maximum absolute atomic E-state index is 12.9. The molecular weight excluding hydrogens is 398 g/mol. The van der Waals surface area contributed by atoms with Crippen LogP contribution in [0.4, 0.5) is 5.69 Å². The Morgan fingerprint density at radius 1 is 1.21 bits per heavy atom. The van der Waals surface area contributed by atoms with Gasteiger partial charge in [0, 0.05) is 13.1 Å². The van der Waals surface area contributed by atoms with Gasteiger partial charge in [-0.25, -0.2) is 8.42 Å². The smallest absolute Gasteiger partial charge is 0.262 e. The van der Waals surface area contributed by atoms with Gasteiger partial charge in [-0.15, -0.1) is 12.4 Å². The third-order valence-corrected chi connectivity index (χ3v) is 6.45. The molecule has 1 aliphatic rings. The van der Waals surface area contributed by atoms with Crippen LogP contribution in [-0.4, -0.2) is 38.9 Å². The van der Waals surface area contributed by atoms with Gasteiger partial charge in [-0.2, -0.15) is 0 Å². The Kier molecular flexibility index (Phi) is 7.09. The zero-order valence-corrected chi connectivity index (χ0v) is 17.6. The van der Waals surface area contributed by atoms with Crippen LogP contribution in [0.15, 0.2) is 47.4 Å². The van der Waals surface area contributed by atoms with Crippen molar-refractivity contribution in [1.29, 1.82) is 0 Å². The Balaban J connectivity index is 0.00000280. The van der Waals surface area contributed by atoms with Gasteiger partial charge in [0.2, 0.25) is 0 Å². The number of nitrogens with zero attached hydrogens (tertiary/aromatic N) is 1. The molecule has 1 saturated heterocycles. The van der Waals surface area contributed by atoms with Crippen LogP contribution in [0.5, 0.6) is 0 Å². The van der Waals surface area contributed by atoms with Crippen molar-refractivity contribution in [2.45, 2.75) is 25.2 Å². The van der Waals surface area contributed by atoms with Crippen molar-refractivity contribution in [3.05, 3.63) is 59.2 Å². The van der Waals surface area contributed by atoms with Crippen LogP contribution in [0.2, 0.25) is 0 Å². The molecule has 6 nitrogen and oxygen atoms in total. The minimum Gasteiger partial charge on any atom is -0.338 e. The van der Waals surface area contributed by atoms with E-state index in [-0.39, 0.29) is 23.2 Å². The molecule has 152 valence electrons. The van der Waals surface area contributed by atoms with E-state index in [9.17, 15) is 13.2 Å². The van der Waals surface area contributed by atoms with Crippen molar-refractivity contribution in [3.63, 3.8) is 0 Å². The first kappa shape index (κ1) is 22.2. The van der Waals surface area contributed by atoms with E-state index in [1.165, 1.54) is 0 Å². The number of carbonyl (C=O) groups excluding carboxylic acids is 1. The second-order valence-corrected chi connectivity index (χ2v) is 8.71.